The molecule has 1 fully saturated rings. The molecule has 0 aliphatic heterocycles. The van der Waals surface area contributed by atoms with Crippen molar-refractivity contribution in [2.45, 2.75) is 38.0 Å². The van der Waals surface area contributed by atoms with E-state index in [4.69, 9.17) is 0 Å². The smallest absolute Gasteiger partial charge is 0.223 e. The zero-order chi connectivity index (χ0) is 13.5. The highest BCUT2D eigenvalue weighted by Gasteiger charge is 2.43. The quantitative estimate of drug-likeness (QED) is 0.419. The Morgan fingerprint density at radius 3 is 2.63 bits per heavy atom. The van der Waals surface area contributed by atoms with Crippen molar-refractivity contribution in [2.75, 3.05) is 11.0 Å². The molecule has 0 bridgehead atoms. The number of benzene rings is 1. The van der Waals surface area contributed by atoms with Gasteiger partial charge in [0.1, 0.15) is 0 Å². The van der Waals surface area contributed by atoms with Crippen LogP contribution in [-0.2, 0) is 4.79 Å². The van der Waals surface area contributed by atoms with E-state index in [-0.39, 0.29) is 11.8 Å². The fourth-order valence-corrected chi connectivity index (χ4v) is 3.01. The van der Waals surface area contributed by atoms with Gasteiger partial charge in [-0.15, -0.1) is 0 Å². The van der Waals surface area contributed by atoms with E-state index in [0.717, 1.165) is 19.4 Å². The van der Waals surface area contributed by atoms with Crippen LogP contribution in [0.25, 0.3) is 0 Å². The standard InChI is InChI=1S/C16H22INO/c17-10-6-1-2-7-11-18-16(19)15-12-14(15)13-8-4-3-5-9-13/h3-5,8-9,14-15H,1-2,6-7,10-12H2,(H,18,19). The minimum atomic E-state index is 0.219. The highest BCUT2D eigenvalue weighted by Crippen LogP contribution is 2.47. The van der Waals surface area contributed by atoms with Crippen molar-refractivity contribution >= 4 is 28.5 Å². The van der Waals surface area contributed by atoms with Gasteiger partial charge in [0.2, 0.25) is 5.91 Å². The topological polar surface area (TPSA) is 29.1 Å². The Bertz CT molecular complexity index is 393. The Kier molecular flexibility index (Phi) is 6.14. The third-order valence-corrected chi connectivity index (χ3v) is 4.48. The molecule has 0 radical (unpaired) electrons. The first-order valence-electron chi connectivity index (χ1n) is 7.21. The maximum Gasteiger partial charge on any atom is 0.223 e. The molecule has 2 unspecified atom stereocenters. The van der Waals surface area contributed by atoms with E-state index in [9.17, 15) is 4.79 Å². The fourth-order valence-electron chi connectivity index (χ4n) is 2.47. The molecule has 0 heterocycles. The van der Waals surface area contributed by atoms with Crippen LogP contribution in [0.1, 0.15) is 43.6 Å². The number of amides is 1. The molecule has 19 heavy (non-hydrogen) atoms. The van der Waals surface area contributed by atoms with Crippen LogP contribution >= 0.6 is 22.6 Å². The van der Waals surface area contributed by atoms with Crippen LogP contribution in [0.3, 0.4) is 0 Å². The molecule has 104 valence electrons. The fraction of sp³-hybridized carbons (Fsp3) is 0.562. The highest BCUT2D eigenvalue weighted by molar-refractivity contribution is 14.1. The van der Waals surface area contributed by atoms with Gasteiger partial charge in [-0.05, 0) is 35.2 Å². The molecule has 3 heteroatoms. The highest BCUT2D eigenvalue weighted by atomic mass is 127. The molecule has 1 aromatic carbocycles. The SMILES string of the molecule is O=C(NCCCCCCI)C1CC1c1ccccc1. The van der Waals surface area contributed by atoms with E-state index in [2.05, 4.69) is 52.2 Å². The largest absolute Gasteiger partial charge is 0.356 e. The van der Waals surface area contributed by atoms with Gasteiger partial charge < -0.3 is 5.32 Å². The Morgan fingerprint density at radius 1 is 1.16 bits per heavy atom. The predicted octanol–water partition coefficient (Wildman–Crippen LogP) is 3.90. The van der Waals surface area contributed by atoms with Crippen molar-refractivity contribution in [2.24, 2.45) is 5.92 Å². The molecule has 2 nitrogen and oxygen atoms in total. The number of halogens is 1. The second-order valence-corrected chi connectivity index (χ2v) is 6.33. The van der Waals surface area contributed by atoms with E-state index >= 15 is 0 Å². The first-order chi connectivity index (χ1) is 9.33. The first-order valence-corrected chi connectivity index (χ1v) is 8.74. The van der Waals surface area contributed by atoms with Gasteiger partial charge in [-0.25, -0.2) is 0 Å². The lowest BCUT2D eigenvalue weighted by Crippen LogP contribution is -2.26. The van der Waals surface area contributed by atoms with Crippen LogP contribution in [0.4, 0.5) is 0 Å². The Morgan fingerprint density at radius 2 is 1.89 bits per heavy atom. The summed E-state index contributed by atoms with van der Waals surface area (Å²) in [5.41, 5.74) is 1.31. The molecule has 1 N–H and O–H groups in total. The molecule has 0 spiro atoms. The molecule has 1 amide bonds. The summed E-state index contributed by atoms with van der Waals surface area (Å²) < 4.78 is 1.24. The lowest BCUT2D eigenvalue weighted by molar-refractivity contribution is -0.122. The van der Waals surface area contributed by atoms with Crippen LogP contribution in [0, 0.1) is 5.92 Å². The van der Waals surface area contributed by atoms with E-state index in [1.807, 2.05) is 6.07 Å². The Hall–Kier alpha value is -0.580. The molecule has 2 atom stereocenters. The molecule has 1 aliphatic rings. The molecular formula is C16H22INO. The predicted molar refractivity (Wildman–Crippen MR) is 87.7 cm³/mol. The maximum atomic E-state index is 12.0. The molecule has 0 aromatic heterocycles. The summed E-state index contributed by atoms with van der Waals surface area (Å²) in [6.45, 7) is 0.845. The van der Waals surface area contributed by atoms with Gasteiger partial charge >= 0.3 is 0 Å². The average molecular weight is 371 g/mol. The van der Waals surface area contributed by atoms with E-state index in [1.165, 1.54) is 29.3 Å². The summed E-state index contributed by atoms with van der Waals surface area (Å²) in [6, 6.07) is 10.4. The van der Waals surface area contributed by atoms with Gasteiger partial charge in [-0.2, -0.15) is 0 Å². The normalized spacial score (nSPS) is 21.1. The van der Waals surface area contributed by atoms with E-state index in [1.54, 1.807) is 0 Å². The van der Waals surface area contributed by atoms with Crippen molar-refractivity contribution in [3.05, 3.63) is 35.9 Å². The number of hydrogen-bond acceptors (Lipinski definition) is 1. The van der Waals surface area contributed by atoms with E-state index in [0.29, 0.717) is 5.92 Å². The monoisotopic (exact) mass is 371 g/mol. The van der Waals surface area contributed by atoms with Crippen molar-refractivity contribution in [1.29, 1.82) is 0 Å². The van der Waals surface area contributed by atoms with Gasteiger partial charge in [0, 0.05) is 12.5 Å². The number of carbonyl (C=O) groups is 1. The molecule has 1 aliphatic carbocycles. The summed E-state index contributed by atoms with van der Waals surface area (Å²) in [6.07, 6.45) is 5.95. The molecular weight excluding hydrogens is 349 g/mol. The second kappa shape index (κ2) is 7.88. The number of alkyl halides is 1. The van der Waals surface area contributed by atoms with Crippen molar-refractivity contribution in [3.8, 4) is 0 Å². The Labute approximate surface area is 129 Å². The van der Waals surface area contributed by atoms with Gasteiger partial charge in [-0.3, -0.25) is 4.79 Å². The lowest BCUT2D eigenvalue weighted by Gasteiger charge is -2.05. The van der Waals surface area contributed by atoms with Crippen LogP contribution in [-0.4, -0.2) is 16.9 Å². The van der Waals surface area contributed by atoms with Crippen LogP contribution < -0.4 is 5.32 Å². The van der Waals surface area contributed by atoms with Crippen LogP contribution in [0.2, 0.25) is 0 Å². The Balaban J connectivity index is 1.61. The number of rotatable bonds is 8. The molecule has 1 saturated carbocycles. The minimum absolute atomic E-state index is 0.219. The summed E-state index contributed by atoms with van der Waals surface area (Å²) in [5, 5.41) is 3.08. The van der Waals surface area contributed by atoms with Crippen LogP contribution in [0.5, 0.6) is 0 Å². The summed E-state index contributed by atoms with van der Waals surface area (Å²) in [4.78, 5) is 12.0. The van der Waals surface area contributed by atoms with Gasteiger partial charge in [0.05, 0.1) is 0 Å². The van der Waals surface area contributed by atoms with Gasteiger partial charge in [0.15, 0.2) is 0 Å². The second-order valence-electron chi connectivity index (χ2n) is 5.25. The van der Waals surface area contributed by atoms with Gasteiger partial charge in [-0.1, -0.05) is 65.8 Å². The number of hydrogen-bond donors (Lipinski definition) is 1. The van der Waals surface area contributed by atoms with Gasteiger partial charge in [0.25, 0.3) is 0 Å². The van der Waals surface area contributed by atoms with Crippen molar-refractivity contribution in [3.63, 3.8) is 0 Å². The summed E-state index contributed by atoms with van der Waals surface area (Å²) in [5.74, 6) is 0.930. The lowest BCUT2D eigenvalue weighted by atomic mass is 10.1. The number of nitrogens with one attached hydrogen (secondary N) is 1. The van der Waals surface area contributed by atoms with Crippen LogP contribution in [0.15, 0.2) is 30.3 Å². The number of unbranched alkanes of at least 4 members (excludes halogenated alkanes) is 3. The van der Waals surface area contributed by atoms with E-state index < -0.39 is 0 Å². The molecule has 1 aromatic rings. The summed E-state index contributed by atoms with van der Waals surface area (Å²) in [7, 11) is 0. The summed E-state index contributed by atoms with van der Waals surface area (Å²) >= 11 is 2.41. The minimum Gasteiger partial charge on any atom is -0.356 e. The maximum absolute atomic E-state index is 12.0. The first kappa shape index (κ1) is 14.8. The third-order valence-electron chi connectivity index (χ3n) is 3.71. The number of carbonyl (C=O) groups excluding carboxylic acids is 1. The van der Waals surface area contributed by atoms with Crippen molar-refractivity contribution in [1.82, 2.24) is 5.32 Å². The molecule has 0 saturated heterocycles. The van der Waals surface area contributed by atoms with Crippen molar-refractivity contribution < 1.29 is 4.79 Å². The third kappa shape index (κ3) is 4.79. The zero-order valence-corrected chi connectivity index (χ0v) is 13.4. The zero-order valence-electron chi connectivity index (χ0n) is 11.3. The average Bonchev–Trinajstić information content (AvgIpc) is 3.24. The molecule has 2 rings (SSSR count).